The van der Waals surface area contributed by atoms with E-state index in [4.69, 9.17) is 0 Å². The number of hydrogen-bond donors (Lipinski definition) is 0. The second-order valence-electron chi connectivity index (χ2n) is 7.47. The van der Waals surface area contributed by atoms with Gasteiger partial charge in [-0.1, -0.05) is 56.3 Å². The first-order valence-corrected chi connectivity index (χ1v) is 8.88. The number of fused-ring (bicyclic) bond motifs is 1. The van der Waals surface area contributed by atoms with E-state index in [1.165, 1.54) is 10.8 Å². The van der Waals surface area contributed by atoms with Gasteiger partial charge < -0.3 is 9.80 Å². The molecule has 25 heavy (non-hydrogen) atoms. The molecule has 3 rings (SSSR count). The van der Waals surface area contributed by atoms with Crippen LogP contribution in [-0.4, -0.2) is 40.7 Å². The predicted octanol–water partition coefficient (Wildman–Crippen LogP) is 3.45. The maximum absolute atomic E-state index is 13.1. The van der Waals surface area contributed by atoms with Crippen molar-refractivity contribution in [2.75, 3.05) is 13.6 Å². The van der Waals surface area contributed by atoms with Crippen LogP contribution in [0.2, 0.25) is 0 Å². The fourth-order valence-electron chi connectivity index (χ4n) is 3.62. The number of amides is 2. The van der Waals surface area contributed by atoms with Crippen LogP contribution in [0.4, 0.5) is 0 Å². The summed E-state index contributed by atoms with van der Waals surface area (Å²) in [5, 5.41) is 2.34. The zero-order valence-electron chi connectivity index (χ0n) is 15.5. The summed E-state index contributed by atoms with van der Waals surface area (Å²) in [6.45, 7) is 6.86. The molecule has 1 atom stereocenters. The molecular weight excluding hydrogens is 312 g/mol. The van der Waals surface area contributed by atoms with E-state index in [0.717, 1.165) is 12.0 Å². The van der Waals surface area contributed by atoms with Crippen molar-refractivity contribution in [2.24, 2.45) is 5.92 Å². The fourth-order valence-corrected chi connectivity index (χ4v) is 3.62. The third-order valence-electron chi connectivity index (χ3n) is 5.27. The lowest BCUT2D eigenvalue weighted by atomic mass is 9.83. The third kappa shape index (κ3) is 3.01. The van der Waals surface area contributed by atoms with Crippen molar-refractivity contribution in [3.63, 3.8) is 0 Å². The molecule has 0 bridgehead atoms. The van der Waals surface area contributed by atoms with Crippen LogP contribution in [0.1, 0.15) is 32.8 Å². The first-order chi connectivity index (χ1) is 11.8. The molecule has 132 valence electrons. The number of hydrogen-bond acceptors (Lipinski definition) is 2. The lowest BCUT2D eigenvalue weighted by Crippen LogP contribution is -2.68. The van der Waals surface area contributed by atoms with Gasteiger partial charge in [-0.3, -0.25) is 9.59 Å². The average Bonchev–Trinajstić information content (AvgIpc) is 2.59. The second-order valence-corrected chi connectivity index (χ2v) is 7.47. The number of carbonyl (C=O) groups is 2. The summed E-state index contributed by atoms with van der Waals surface area (Å²) in [5.41, 5.74) is 0.416. The molecule has 1 saturated heterocycles. The molecule has 4 heteroatoms. The Morgan fingerprint density at radius 3 is 2.48 bits per heavy atom. The zero-order valence-corrected chi connectivity index (χ0v) is 15.5. The van der Waals surface area contributed by atoms with Crippen molar-refractivity contribution in [2.45, 2.75) is 39.3 Å². The summed E-state index contributed by atoms with van der Waals surface area (Å²) in [6, 6.07) is 14.4. The average molecular weight is 338 g/mol. The summed E-state index contributed by atoms with van der Waals surface area (Å²) in [7, 11) is 1.83. The van der Waals surface area contributed by atoms with Gasteiger partial charge >= 0.3 is 0 Å². The summed E-state index contributed by atoms with van der Waals surface area (Å²) in [5.74, 6) is -0.0165. The van der Waals surface area contributed by atoms with Crippen LogP contribution in [0, 0.1) is 5.92 Å². The first-order valence-electron chi connectivity index (χ1n) is 8.88. The normalized spacial score (nSPS) is 19.8. The number of likely N-dealkylation sites (N-methyl/N-ethyl adjacent to an activating group) is 1. The highest BCUT2D eigenvalue weighted by Gasteiger charge is 2.50. The Morgan fingerprint density at radius 2 is 1.84 bits per heavy atom. The molecule has 2 aromatic rings. The standard InChI is InChI=1S/C21H26N2O2/c1-15(2)19(24)23-13-12-21(23,3)20(25)22(4)14-17-10-7-9-16-8-5-6-11-18(16)17/h5-11,15H,12-14H2,1-4H3. The van der Waals surface area contributed by atoms with Crippen molar-refractivity contribution in [1.82, 2.24) is 9.80 Å². The maximum atomic E-state index is 13.1. The Balaban J connectivity index is 1.80. The highest BCUT2D eigenvalue weighted by atomic mass is 16.2. The Bertz CT molecular complexity index is 809. The minimum atomic E-state index is -0.708. The van der Waals surface area contributed by atoms with Gasteiger partial charge in [0.2, 0.25) is 11.8 Å². The molecule has 1 aliphatic rings. The lowest BCUT2D eigenvalue weighted by Gasteiger charge is -2.51. The van der Waals surface area contributed by atoms with Crippen molar-refractivity contribution in [3.05, 3.63) is 48.0 Å². The summed E-state index contributed by atoms with van der Waals surface area (Å²) in [4.78, 5) is 28.9. The molecule has 0 aliphatic carbocycles. The Morgan fingerprint density at radius 1 is 1.16 bits per heavy atom. The molecule has 0 spiro atoms. The Labute approximate surface area is 149 Å². The van der Waals surface area contributed by atoms with E-state index in [9.17, 15) is 9.59 Å². The minimum absolute atomic E-state index is 0.0145. The van der Waals surface area contributed by atoms with Gasteiger partial charge in [0.1, 0.15) is 5.54 Å². The molecule has 0 aromatic heterocycles. The van der Waals surface area contributed by atoms with E-state index in [2.05, 4.69) is 24.3 Å². The summed E-state index contributed by atoms with van der Waals surface area (Å²) >= 11 is 0. The first kappa shape index (κ1) is 17.5. The van der Waals surface area contributed by atoms with Gasteiger partial charge in [0, 0.05) is 26.1 Å². The molecular formula is C21H26N2O2. The minimum Gasteiger partial charge on any atom is -0.339 e. The highest BCUT2D eigenvalue weighted by Crippen LogP contribution is 2.34. The van der Waals surface area contributed by atoms with Crippen LogP contribution in [0.3, 0.4) is 0 Å². The van der Waals surface area contributed by atoms with E-state index >= 15 is 0 Å². The van der Waals surface area contributed by atoms with Gasteiger partial charge in [-0.05, 0) is 29.7 Å². The molecule has 0 N–H and O–H groups in total. The van der Waals surface area contributed by atoms with E-state index in [1.807, 2.05) is 46.0 Å². The van der Waals surface area contributed by atoms with E-state index in [1.54, 1.807) is 9.80 Å². The van der Waals surface area contributed by atoms with Crippen LogP contribution in [0.15, 0.2) is 42.5 Å². The van der Waals surface area contributed by atoms with Crippen molar-refractivity contribution < 1.29 is 9.59 Å². The van der Waals surface area contributed by atoms with Crippen LogP contribution in [0.5, 0.6) is 0 Å². The Kier molecular flexibility index (Phi) is 4.55. The number of benzene rings is 2. The molecule has 4 nitrogen and oxygen atoms in total. The van der Waals surface area contributed by atoms with Crippen molar-refractivity contribution in [1.29, 1.82) is 0 Å². The molecule has 1 aliphatic heterocycles. The van der Waals surface area contributed by atoms with Crippen LogP contribution in [-0.2, 0) is 16.1 Å². The topological polar surface area (TPSA) is 40.6 Å². The number of likely N-dealkylation sites (tertiary alicyclic amines) is 1. The second kappa shape index (κ2) is 6.51. The molecule has 1 heterocycles. The van der Waals surface area contributed by atoms with Gasteiger partial charge in [-0.25, -0.2) is 0 Å². The van der Waals surface area contributed by atoms with Crippen LogP contribution in [0.25, 0.3) is 10.8 Å². The van der Waals surface area contributed by atoms with E-state index in [0.29, 0.717) is 13.1 Å². The monoisotopic (exact) mass is 338 g/mol. The summed E-state index contributed by atoms with van der Waals surface area (Å²) in [6.07, 6.45) is 0.726. The van der Waals surface area contributed by atoms with Gasteiger partial charge in [0.25, 0.3) is 0 Å². The highest BCUT2D eigenvalue weighted by molar-refractivity contribution is 5.93. The maximum Gasteiger partial charge on any atom is 0.248 e. The largest absolute Gasteiger partial charge is 0.339 e. The predicted molar refractivity (Wildman–Crippen MR) is 100.0 cm³/mol. The number of rotatable bonds is 4. The number of nitrogens with zero attached hydrogens (tertiary/aromatic N) is 2. The third-order valence-corrected chi connectivity index (χ3v) is 5.27. The molecule has 1 fully saturated rings. The van der Waals surface area contributed by atoms with E-state index in [-0.39, 0.29) is 17.7 Å². The van der Waals surface area contributed by atoms with Crippen molar-refractivity contribution in [3.8, 4) is 0 Å². The van der Waals surface area contributed by atoms with Gasteiger partial charge in [0.05, 0.1) is 0 Å². The quantitative estimate of drug-likeness (QED) is 0.857. The SMILES string of the molecule is CC(C)C(=O)N1CCC1(C)C(=O)N(C)Cc1cccc2ccccc12. The molecule has 2 aromatic carbocycles. The fraction of sp³-hybridized carbons (Fsp3) is 0.429. The zero-order chi connectivity index (χ0) is 18.2. The lowest BCUT2D eigenvalue weighted by molar-refractivity contribution is -0.165. The number of carbonyl (C=O) groups excluding carboxylic acids is 2. The molecule has 2 amide bonds. The van der Waals surface area contributed by atoms with Gasteiger partial charge in [-0.15, -0.1) is 0 Å². The summed E-state index contributed by atoms with van der Waals surface area (Å²) < 4.78 is 0. The van der Waals surface area contributed by atoms with Gasteiger partial charge in [0.15, 0.2) is 0 Å². The molecule has 1 unspecified atom stereocenters. The Hall–Kier alpha value is -2.36. The molecule has 0 radical (unpaired) electrons. The van der Waals surface area contributed by atoms with Crippen molar-refractivity contribution >= 4 is 22.6 Å². The van der Waals surface area contributed by atoms with E-state index < -0.39 is 5.54 Å². The molecule has 0 saturated carbocycles. The van der Waals surface area contributed by atoms with Gasteiger partial charge in [-0.2, -0.15) is 0 Å². The van der Waals surface area contributed by atoms with Crippen LogP contribution < -0.4 is 0 Å². The van der Waals surface area contributed by atoms with Crippen LogP contribution >= 0.6 is 0 Å². The smallest absolute Gasteiger partial charge is 0.248 e.